The van der Waals surface area contributed by atoms with Crippen LogP contribution in [0.4, 0.5) is 10.5 Å². The molecule has 0 aliphatic carbocycles. The van der Waals surface area contributed by atoms with Crippen LogP contribution in [0.5, 0.6) is 0 Å². The number of amides is 2. The number of aromatic nitrogens is 2. The van der Waals surface area contributed by atoms with Crippen molar-refractivity contribution in [1.82, 2.24) is 14.7 Å². The van der Waals surface area contributed by atoms with E-state index in [1.807, 2.05) is 20.8 Å². The maximum Gasteiger partial charge on any atom is 0.410 e. The number of methoxy groups -OCH3 is 1. The van der Waals surface area contributed by atoms with Gasteiger partial charge in [-0.1, -0.05) is 12.1 Å². The topological polar surface area (TPSA) is 103 Å². The van der Waals surface area contributed by atoms with Crippen LogP contribution in [-0.2, 0) is 29.5 Å². The molecule has 1 aliphatic rings. The lowest BCUT2D eigenvalue weighted by atomic mass is 10.0. The molecular formula is C21H26N4O5. The van der Waals surface area contributed by atoms with Crippen molar-refractivity contribution in [3.63, 3.8) is 0 Å². The molecule has 9 heteroatoms. The first-order valence-corrected chi connectivity index (χ1v) is 9.62. The number of para-hydroxylation sites is 1. The van der Waals surface area contributed by atoms with Crippen molar-refractivity contribution in [2.24, 2.45) is 7.05 Å². The summed E-state index contributed by atoms with van der Waals surface area (Å²) in [6, 6.07) is 6.60. The summed E-state index contributed by atoms with van der Waals surface area (Å²) in [6.45, 7) is 6.11. The molecule has 160 valence electrons. The Morgan fingerprint density at radius 2 is 1.87 bits per heavy atom. The molecule has 9 nitrogen and oxygen atoms in total. The van der Waals surface area contributed by atoms with Crippen LogP contribution in [-0.4, -0.2) is 51.9 Å². The number of esters is 1. The average Bonchev–Trinajstić information content (AvgIpc) is 3.01. The molecule has 0 unspecified atom stereocenters. The fourth-order valence-electron chi connectivity index (χ4n) is 3.33. The van der Waals surface area contributed by atoms with Gasteiger partial charge in [0.1, 0.15) is 11.3 Å². The predicted octanol–water partition coefficient (Wildman–Crippen LogP) is 2.75. The summed E-state index contributed by atoms with van der Waals surface area (Å²) < 4.78 is 11.7. The van der Waals surface area contributed by atoms with E-state index in [4.69, 9.17) is 9.47 Å². The maximum atomic E-state index is 13.1. The van der Waals surface area contributed by atoms with E-state index in [0.717, 1.165) is 5.69 Å². The number of carbonyl (C=O) groups is 3. The molecule has 0 saturated carbocycles. The highest BCUT2D eigenvalue weighted by Gasteiger charge is 2.31. The molecule has 0 saturated heterocycles. The second kappa shape index (κ2) is 8.17. The number of hydrogen-bond acceptors (Lipinski definition) is 6. The van der Waals surface area contributed by atoms with E-state index >= 15 is 0 Å². The van der Waals surface area contributed by atoms with Crippen LogP contribution in [0.25, 0.3) is 0 Å². The van der Waals surface area contributed by atoms with Gasteiger partial charge in [-0.25, -0.2) is 9.59 Å². The van der Waals surface area contributed by atoms with E-state index in [-0.39, 0.29) is 12.1 Å². The zero-order chi connectivity index (χ0) is 22.1. The van der Waals surface area contributed by atoms with Crippen molar-refractivity contribution in [3.8, 4) is 0 Å². The Morgan fingerprint density at radius 3 is 2.53 bits per heavy atom. The van der Waals surface area contributed by atoms with Crippen LogP contribution >= 0.6 is 0 Å². The van der Waals surface area contributed by atoms with Gasteiger partial charge in [0.2, 0.25) is 0 Å². The van der Waals surface area contributed by atoms with Gasteiger partial charge in [-0.15, -0.1) is 0 Å². The zero-order valence-corrected chi connectivity index (χ0v) is 17.8. The van der Waals surface area contributed by atoms with Gasteiger partial charge in [-0.05, 0) is 32.9 Å². The molecule has 2 aromatic rings. The van der Waals surface area contributed by atoms with Gasteiger partial charge in [-0.3, -0.25) is 9.48 Å². The normalized spacial score (nSPS) is 13.4. The summed E-state index contributed by atoms with van der Waals surface area (Å²) in [5, 5.41) is 7.21. The first-order valence-electron chi connectivity index (χ1n) is 9.62. The highest BCUT2D eigenvalue weighted by molar-refractivity contribution is 6.08. The summed E-state index contributed by atoms with van der Waals surface area (Å²) in [5.74, 6) is -0.970. The Balaban J connectivity index is 1.86. The molecule has 1 N–H and O–H groups in total. The standard InChI is InChI=1S/C21H26N4O5/c1-21(2,3)30-20(28)25-11-10-16-14(12-25)17(24(4)23-16)18(26)22-15-9-7-6-8-13(15)19(27)29-5/h6-9H,10-12H2,1-5H3,(H,22,26). The molecule has 3 rings (SSSR count). The first kappa shape index (κ1) is 21.4. The quantitative estimate of drug-likeness (QED) is 0.775. The van der Waals surface area contributed by atoms with E-state index in [2.05, 4.69) is 10.4 Å². The molecule has 0 spiro atoms. The number of nitrogens with one attached hydrogen (secondary N) is 1. The van der Waals surface area contributed by atoms with Gasteiger partial charge in [0.05, 0.1) is 30.6 Å². The van der Waals surface area contributed by atoms with Crippen molar-refractivity contribution < 1.29 is 23.9 Å². The lowest BCUT2D eigenvalue weighted by Gasteiger charge is -2.29. The van der Waals surface area contributed by atoms with Crippen molar-refractivity contribution in [2.45, 2.75) is 39.3 Å². The van der Waals surface area contributed by atoms with Crippen molar-refractivity contribution in [3.05, 3.63) is 46.8 Å². The number of anilines is 1. The minimum absolute atomic E-state index is 0.222. The molecule has 2 amide bonds. The number of carbonyl (C=O) groups excluding carboxylic acids is 3. The lowest BCUT2D eigenvalue weighted by molar-refractivity contribution is 0.0222. The van der Waals surface area contributed by atoms with Crippen LogP contribution in [0.3, 0.4) is 0 Å². The number of ether oxygens (including phenoxy) is 2. The van der Waals surface area contributed by atoms with Crippen LogP contribution < -0.4 is 5.32 Å². The largest absolute Gasteiger partial charge is 0.465 e. The van der Waals surface area contributed by atoms with Crippen LogP contribution in [0.15, 0.2) is 24.3 Å². The fourth-order valence-corrected chi connectivity index (χ4v) is 3.33. The highest BCUT2D eigenvalue weighted by Crippen LogP contribution is 2.25. The fraction of sp³-hybridized carbons (Fsp3) is 0.429. The lowest BCUT2D eigenvalue weighted by Crippen LogP contribution is -2.40. The Kier molecular flexibility index (Phi) is 5.82. The van der Waals surface area contributed by atoms with Gasteiger partial charge in [0.15, 0.2) is 0 Å². The molecule has 2 heterocycles. The number of rotatable bonds is 3. The van der Waals surface area contributed by atoms with Crippen molar-refractivity contribution in [1.29, 1.82) is 0 Å². The molecule has 1 aliphatic heterocycles. The van der Waals surface area contributed by atoms with Gasteiger partial charge in [0, 0.05) is 25.6 Å². The second-order valence-electron chi connectivity index (χ2n) is 8.04. The number of hydrogen-bond donors (Lipinski definition) is 1. The van der Waals surface area contributed by atoms with Crippen LogP contribution in [0, 0.1) is 0 Å². The van der Waals surface area contributed by atoms with Gasteiger partial charge in [-0.2, -0.15) is 5.10 Å². The van der Waals surface area contributed by atoms with Crippen LogP contribution in [0.1, 0.15) is 52.9 Å². The third-order valence-electron chi connectivity index (χ3n) is 4.64. The van der Waals surface area contributed by atoms with Gasteiger partial charge in [0.25, 0.3) is 5.91 Å². The summed E-state index contributed by atoms with van der Waals surface area (Å²) >= 11 is 0. The molecule has 0 atom stereocenters. The smallest absolute Gasteiger partial charge is 0.410 e. The number of fused-ring (bicyclic) bond motifs is 1. The number of aryl methyl sites for hydroxylation is 1. The predicted molar refractivity (Wildman–Crippen MR) is 109 cm³/mol. The zero-order valence-electron chi connectivity index (χ0n) is 17.8. The number of nitrogens with zero attached hydrogens (tertiary/aromatic N) is 3. The molecule has 0 fully saturated rings. The monoisotopic (exact) mass is 414 g/mol. The summed E-state index contributed by atoms with van der Waals surface area (Å²) in [5.41, 5.74) is 1.75. The molecule has 0 radical (unpaired) electrons. The van der Waals surface area contributed by atoms with Gasteiger partial charge >= 0.3 is 12.1 Å². The van der Waals surface area contributed by atoms with Crippen molar-refractivity contribution in [2.75, 3.05) is 19.0 Å². The van der Waals surface area contributed by atoms with E-state index in [0.29, 0.717) is 29.9 Å². The minimum Gasteiger partial charge on any atom is -0.465 e. The summed E-state index contributed by atoms with van der Waals surface area (Å²) in [6.07, 6.45) is 0.0912. The third-order valence-corrected chi connectivity index (χ3v) is 4.64. The van der Waals surface area contributed by atoms with Crippen molar-refractivity contribution >= 4 is 23.7 Å². The first-order chi connectivity index (χ1) is 14.1. The van der Waals surface area contributed by atoms with E-state index in [9.17, 15) is 14.4 Å². The average molecular weight is 414 g/mol. The Bertz CT molecular complexity index is 990. The van der Waals surface area contributed by atoms with E-state index in [1.54, 1.807) is 36.2 Å². The number of benzene rings is 1. The second-order valence-corrected chi connectivity index (χ2v) is 8.04. The molecule has 1 aromatic heterocycles. The molecular weight excluding hydrogens is 388 g/mol. The summed E-state index contributed by atoms with van der Waals surface area (Å²) in [4.78, 5) is 39.1. The third kappa shape index (κ3) is 4.45. The Hall–Kier alpha value is -3.36. The highest BCUT2D eigenvalue weighted by atomic mass is 16.6. The maximum absolute atomic E-state index is 13.1. The van der Waals surface area contributed by atoms with Crippen LogP contribution in [0.2, 0.25) is 0 Å². The minimum atomic E-state index is -0.607. The van der Waals surface area contributed by atoms with Gasteiger partial charge < -0.3 is 19.7 Å². The van der Waals surface area contributed by atoms with E-state index in [1.165, 1.54) is 11.8 Å². The van der Waals surface area contributed by atoms with E-state index < -0.39 is 23.6 Å². The Morgan fingerprint density at radius 1 is 1.17 bits per heavy atom. The molecule has 0 bridgehead atoms. The SMILES string of the molecule is COC(=O)c1ccccc1NC(=O)c1c2c(nn1C)CCN(C(=O)OC(C)(C)C)C2. The molecule has 30 heavy (non-hydrogen) atoms. The molecule has 1 aromatic carbocycles. The summed E-state index contributed by atoms with van der Waals surface area (Å²) in [7, 11) is 2.96. The Labute approximate surface area is 174 Å².